The normalized spacial score (nSPS) is 12.1. The minimum absolute atomic E-state index is 0.0621. The number of hydrogen-bond donors (Lipinski definition) is 3. The molecule has 11 heteroatoms. The fourth-order valence-corrected chi connectivity index (χ4v) is 7.95. The highest BCUT2D eigenvalue weighted by atomic mass is 16.3. The molecular formula is C49H48N8O3. The first-order valence-electron chi connectivity index (χ1n) is 20.4. The van der Waals surface area contributed by atoms with Crippen LogP contribution in [0, 0.1) is 0 Å². The van der Waals surface area contributed by atoms with Gasteiger partial charge in [-0.1, -0.05) is 72.8 Å². The van der Waals surface area contributed by atoms with E-state index in [0.717, 1.165) is 22.6 Å². The van der Waals surface area contributed by atoms with Crippen molar-refractivity contribution in [2.24, 2.45) is 0 Å². The van der Waals surface area contributed by atoms with E-state index >= 15 is 0 Å². The van der Waals surface area contributed by atoms with Crippen LogP contribution in [0.15, 0.2) is 146 Å². The molecule has 4 aromatic heterocycles. The van der Waals surface area contributed by atoms with Gasteiger partial charge in [-0.25, -0.2) is 0 Å². The fourth-order valence-electron chi connectivity index (χ4n) is 7.95. The summed E-state index contributed by atoms with van der Waals surface area (Å²) >= 11 is 0. The zero-order chi connectivity index (χ0) is 41.1. The molecule has 0 saturated heterocycles. The monoisotopic (exact) mass is 796 g/mol. The quantitative estimate of drug-likeness (QED) is 0.0603. The van der Waals surface area contributed by atoms with Crippen molar-refractivity contribution >= 4 is 44.1 Å². The van der Waals surface area contributed by atoms with Gasteiger partial charge in [0, 0.05) is 89.1 Å². The molecule has 2 amide bonds. The van der Waals surface area contributed by atoms with Crippen LogP contribution in [-0.4, -0.2) is 78.9 Å². The molecule has 8 rings (SSSR count). The van der Waals surface area contributed by atoms with Crippen molar-refractivity contribution in [3.05, 3.63) is 180 Å². The van der Waals surface area contributed by atoms with Gasteiger partial charge in [0.25, 0.3) is 5.91 Å². The molecular weight excluding hydrogens is 749 g/mol. The molecule has 0 aliphatic carbocycles. The Balaban J connectivity index is 0.849. The van der Waals surface area contributed by atoms with E-state index in [1.54, 1.807) is 36.9 Å². The summed E-state index contributed by atoms with van der Waals surface area (Å²) in [5.74, 6) is -0.314. The van der Waals surface area contributed by atoms with E-state index in [1.165, 1.54) is 32.3 Å². The van der Waals surface area contributed by atoms with Crippen molar-refractivity contribution in [3.63, 3.8) is 0 Å². The van der Waals surface area contributed by atoms with Crippen LogP contribution >= 0.6 is 0 Å². The Kier molecular flexibility index (Phi) is 13.0. The van der Waals surface area contributed by atoms with Crippen molar-refractivity contribution in [2.75, 3.05) is 26.2 Å². The van der Waals surface area contributed by atoms with Crippen LogP contribution in [-0.2, 0) is 37.4 Å². The third kappa shape index (κ3) is 10.3. The number of nitrogens with one attached hydrogen (secondary N) is 2. The third-order valence-electron chi connectivity index (χ3n) is 10.7. The highest BCUT2D eigenvalue weighted by Gasteiger charge is 2.20. The second-order valence-electron chi connectivity index (χ2n) is 15.2. The first-order valence-corrected chi connectivity index (χ1v) is 20.4. The van der Waals surface area contributed by atoms with Gasteiger partial charge in [-0.3, -0.25) is 39.3 Å². The summed E-state index contributed by atoms with van der Waals surface area (Å²) in [4.78, 5) is 48.5. The van der Waals surface area contributed by atoms with Crippen LogP contribution in [0.4, 0.5) is 0 Å². The van der Waals surface area contributed by atoms with Gasteiger partial charge in [0.05, 0.1) is 28.9 Å². The Morgan fingerprint density at radius 2 is 1.08 bits per heavy atom. The van der Waals surface area contributed by atoms with Crippen molar-refractivity contribution in [1.29, 1.82) is 0 Å². The molecule has 0 aliphatic rings. The first-order chi connectivity index (χ1) is 29.4. The predicted molar refractivity (Wildman–Crippen MR) is 235 cm³/mol. The molecule has 3 N–H and O–H groups in total. The number of aliphatic hydroxyl groups is 1. The summed E-state index contributed by atoms with van der Waals surface area (Å²) in [6.45, 7) is 3.30. The summed E-state index contributed by atoms with van der Waals surface area (Å²) < 4.78 is 0. The molecule has 8 aromatic rings. The summed E-state index contributed by atoms with van der Waals surface area (Å²) in [6, 6.07) is 40.2. The molecule has 0 fully saturated rings. The number of amides is 2. The van der Waals surface area contributed by atoms with E-state index in [9.17, 15) is 14.7 Å². The molecule has 60 heavy (non-hydrogen) atoms. The van der Waals surface area contributed by atoms with Crippen molar-refractivity contribution in [1.82, 2.24) is 40.4 Å². The number of carbonyl (C=O) groups is 2. The molecule has 0 bridgehead atoms. The highest BCUT2D eigenvalue weighted by molar-refractivity contribution is 6.23. The Bertz CT molecular complexity index is 2590. The SMILES string of the molecule is O=C(CCc1ccc2ccc3cccc4ccc1c2c34)NCCNC(=O)c1ccnc(CN(Cc2ccccn2)CC(O)CN(Cc2ccccn2)Cc2ccccn2)c1. The molecule has 4 heterocycles. The second kappa shape index (κ2) is 19.4. The number of hydrogen-bond acceptors (Lipinski definition) is 9. The van der Waals surface area contributed by atoms with Crippen LogP contribution in [0.25, 0.3) is 32.3 Å². The van der Waals surface area contributed by atoms with Crippen LogP contribution in [0.5, 0.6) is 0 Å². The lowest BCUT2D eigenvalue weighted by atomic mass is 9.91. The van der Waals surface area contributed by atoms with E-state index in [1.807, 2.05) is 54.6 Å². The Morgan fingerprint density at radius 3 is 1.68 bits per heavy atom. The lowest BCUT2D eigenvalue weighted by Gasteiger charge is -2.29. The Labute approximate surface area is 349 Å². The molecule has 1 atom stereocenters. The minimum atomic E-state index is -0.719. The number of rotatable bonds is 19. The van der Waals surface area contributed by atoms with Gasteiger partial charge >= 0.3 is 0 Å². The second-order valence-corrected chi connectivity index (χ2v) is 15.2. The smallest absolute Gasteiger partial charge is 0.251 e. The van der Waals surface area contributed by atoms with Gasteiger partial charge in [0.1, 0.15) is 0 Å². The number of aromatic nitrogens is 4. The average Bonchev–Trinajstić information content (AvgIpc) is 3.27. The van der Waals surface area contributed by atoms with Gasteiger partial charge < -0.3 is 15.7 Å². The minimum Gasteiger partial charge on any atom is -0.390 e. The number of carbonyl (C=O) groups excluding carboxylic acids is 2. The number of benzene rings is 4. The topological polar surface area (TPSA) is 136 Å². The molecule has 0 aliphatic heterocycles. The number of nitrogens with zero attached hydrogens (tertiary/aromatic N) is 6. The number of aryl methyl sites for hydroxylation is 1. The molecule has 0 saturated carbocycles. The highest BCUT2D eigenvalue weighted by Crippen LogP contribution is 2.36. The maximum absolute atomic E-state index is 13.3. The van der Waals surface area contributed by atoms with Gasteiger partial charge in [-0.2, -0.15) is 0 Å². The number of pyridine rings is 4. The zero-order valence-electron chi connectivity index (χ0n) is 33.5. The van der Waals surface area contributed by atoms with Gasteiger partial charge in [-0.05, 0) is 92.8 Å². The molecule has 1 unspecified atom stereocenters. The summed E-state index contributed by atoms with van der Waals surface area (Å²) in [5, 5.41) is 24.8. The van der Waals surface area contributed by atoms with Crippen LogP contribution < -0.4 is 10.6 Å². The fraction of sp³-hybridized carbons (Fsp3) is 0.224. The van der Waals surface area contributed by atoms with E-state index in [4.69, 9.17) is 0 Å². The molecule has 0 spiro atoms. The van der Waals surface area contributed by atoms with Gasteiger partial charge in [-0.15, -0.1) is 0 Å². The Morgan fingerprint density at radius 1 is 0.550 bits per heavy atom. The van der Waals surface area contributed by atoms with E-state index in [-0.39, 0.29) is 18.4 Å². The lowest BCUT2D eigenvalue weighted by Crippen LogP contribution is -2.40. The summed E-state index contributed by atoms with van der Waals surface area (Å²) in [6.07, 6.45) is 7.18. The number of aliphatic hydroxyl groups excluding tert-OH is 1. The molecule has 11 nitrogen and oxygen atoms in total. The average molecular weight is 797 g/mol. The summed E-state index contributed by atoms with van der Waals surface area (Å²) in [5.41, 5.74) is 4.97. The molecule has 302 valence electrons. The first kappa shape index (κ1) is 40.1. The van der Waals surface area contributed by atoms with Crippen molar-refractivity contribution in [3.8, 4) is 0 Å². The zero-order valence-corrected chi connectivity index (χ0v) is 33.5. The standard InChI is InChI=1S/C49H48N8O3/c58-44(33-56(29-40-10-1-4-22-50-40)30-41-11-2-5-23-51-41)34-57(31-42-12-3-6-24-52-42)32-43-28-39(21-25-53-43)49(60)55-27-26-54-46(59)20-18-35-13-14-38-16-15-36-8-7-9-37-17-19-45(35)48(38)47(36)37/h1-17,19,21-25,28,44,58H,18,20,26-27,29-34H2,(H,54,59)(H,55,60). The van der Waals surface area contributed by atoms with Crippen LogP contribution in [0.1, 0.15) is 45.1 Å². The largest absolute Gasteiger partial charge is 0.390 e. The van der Waals surface area contributed by atoms with E-state index in [0.29, 0.717) is 69.9 Å². The molecule has 4 aromatic carbocycles. The van der Waals surface area contributed by atoms with Crippen LogP contribution in [0.2, 0.25) is 0 Å². The lowest BCUT2D eigenvalue weighted by molar-refractivity contribution is -0.121. The Hall–Kier alpha value is -6.66. The molecule has 0 radical (unpaired) electrons. The maximum atomic E-state index is 13.3. The third-order valence-corrected chi connectivity index (χ3v) is 10.7. The van der Waals surface area contributed by atoms with E-state index < -0.39 is 6.10 Å². The van der Waals surface area contributed by atoms with Gasteiger partial charge in [0.15, 0.2) is 0 Å². The van der Waals surface area contributed by atoms with Crippen molar-refractivity contribution < 1.29 is 14.7 Å². The summed E-state index contributed by atoms with van der Waals surface area (Å²) in [7, 11) is 0. The predicted octanol–water partition coefficient (Wildman–Crippen LogP) is 6.71. The van der Waals surface area contributed by atoms with Crippen molar-refractivity contribution in [2.45, 2.75) is 45.1 Å². The van der Waals surface area contributed by atoms with Crippen LogP contribution in [0.3, 0.4) is 0 Å². The van der Waals surface area contributed by atoms with E-state index in [2.05, 4.69) is 95.0 Å². The maximum Gasteiger partial charge on any atom is 0.251 e. The van der Waals surface area contributed by atoms with Gasteiger partial charge in [0.2, 0.25) is 5.91 Å².